The molecule has 16 heavy (non-hydrogen) atoms. The second-order valence-corrected chi connectivity index (χ2v) is 5.22. The summed E-state index contributed by atoms with van der Waals surface area (Å²) in [5, 5.41) is 8.97. The molecule has 1 N–H and O–H groups in total. The van der Waals surface area contributed by atoms with Crippen molar-refractivity contribution in [2.24, 2.45) is 0 Å². The molecule has 0 saturated carbocycles. The van der Waals surface area contributed by atoms with E-state index in [9.17, 15) is 4.79 Å². The lowest BCUT2D eigenvalue weighted by Gasteiger charge is -2.08. The largest absolute Gasteiger partial charge is 0.481 e. The molecule has 88 valence electrons. The number of hydrogen-bond acceptors (Lipinski definition) is 3. The topological polar surface area (TPSA) is 50.2 Å². The summed E-state index contributed by atoms with van der Waals surface area (Å²) in [7, 11) is 0. The van der Waals surface area contributed by atoms with Crippen LogP contribution in [0, 0.1) is 0 Å². The van der Waals surface area contributed by atoms with Crippen LogP contribution in [0.3, 0.4) is 0 Å². The molecule has 0 aliphatic heterocycles. The molecule has 0 aliphatic rings. The van der Waals surface area contributed by atoms with Gasteiger partial charge in [0.25, 0.3) is 0 Å². The number of nitrogens with zero attached hydrogens (tertiary/aromatic N) is 1. The van der Waals surface area contributed by atoms with Crippen LogP contribution < -0.4 is 0 Å². The van der Waals surface area contributed by atoms with E-state index in [2.05, 4.69) is 4.98 Å². The third kappa shape index (κ3) is 3.57. The van der Waals surface area contributed by atoms with Crippen molar-refractivity contribution in [2.45, 2.75) is 11.3 Å². The van der Waals surface area contributed by atoms with Gasteiger partial charge < -0.3 is 5.11 Å². The molecule has 0 amide bonds. The highest BCUT2D eigenvalue weighted by Gasteiger charge is 2.16. The van der Waals surface area contributed by atoms with E-state index in [1.165, 1.54) is 11.8 Å². The molecule has 1 heterocycles. The highest BCUT2D eigenvalue weighted by atomic mass is 35.5. The fraction of sp³-hybridized carbons (Fsp3) is 0.250. The van der Waals surface area contributed by atoms with Crippen LogP contribution >= 0.6 is 58.2 Å². The van der Waals surface area contributed by atoms with Crippen LogP contribution in [0.1, 0.15) is 6.42 Å². The van der Waals surface area contributed by atoms with E-state index in [1.54, 1.807) is 0 Å². The third-order valence-corrected chi connectivity index (χ3v) is 4.33. The lowest BCUT2D eigenvalue weighted by molar-refractivity contribution is -0.136. The molecule has 1 aromatic heterocycles. The zero-order chi connectivity index (χ0) is 12.3. The van der Waals surface area contributed by atoms with Crippen LogP contribution in [0.15, 0.2) is 4.90 Å². The summed E-state index contributed by atoms with van der Waals surface area (Å²) in [6.45, 7) is 0. The fourth-order valence-corrected chi connectivity index (χ4v) is 2.93. The quantitative estimate of drug-likeness (QED) is 0.665. The Labute approximate surface area is 116 Å². The molecule has 1 aromatic rings. The fourth-order valence-electron chi connectivity index (χ4n) is 0.835. The van der Waals surface area contributed by atoms with E-state index in [0.29, 0.717) is 10.6 Å². The van der Waals surface area contributed by atoms with Gasteiger partial charge in [-0.05, 0) is 0 Å². The molecular formula is C8H5Cl4NO2S. The van der Waals surface area contributed by atoms with E-state index in [1.807, 2.05) is 0 Å². The lowest BCUT2D eigenvalue weighted by atomic mass is 10.5. The van der Waals surface area contributed by atoms with Gasteiger partial charge in [-0.1, -0.05) is 46.4 Å². The highest BCUT2D eigenvalue weighted by Crippen LogP contribution is 2.40. The summed E-state index contributed by atoms with van der Waals surface area (Å²) in [5.41, 5.74) is 0. The van der Waals surface area contributed by atoms with Crippen molar-refractivity contribution < 1.29 is 9.90 Å². The number of carboxylic acid groups (broad SMARTS) is 1. The van der Waals surface area contributed by atoms with Gasteiger partial charge in [0, 0.05) is 5.75 Å². The minimum Gasteiger partial charge on any atom is -0.481 e. The predicted molar refractivity (Wildman–Crippen MR) is 67.3 cm³/mol. The Balaban J connectivity index is 2.90. The van der Waals surface area contributed by atoms with Crippen LogP contribution in [0.25, 0.3) is 0 Å². The smallest absolute Gasteiger partial charge is 0.304 e. The number of halogens is 4. The Bertz CT molecular complexity index is 401. The number of aliphatic carboxylic acids is 1. The van der Waals surface area contributed by atoms with Gasteiger partial charge in [-0.25, -0.2) is 4.98 Å². The maximum atomic E-state index is 10.3. The maximum absolute atomic E-state index is 10.3. The number of aromatic nitrogens is 1. The van der Waals surface area contributed by atoms with Gasteiger partial charge in [0.15, 0.2) is 10.3 Å². The monoisotopic (exact) mass is 319 g/mol. The van der Waals surface area contributed by atoms with Crippen molar-refractivity contribution in [1.82, 2.24) is 4.98 Å². The van der Waals surface area contributed by atoms with Crippen molar-refractivity contribution in [3.05, 3.63) is 20.4 Å². The average Bonchev–Trinajstić information content (AvgIpc) is 2.20. The SMILES string of the molecule is O=C(O)CCSc1c(Cl)c(Cl)nc(Cl)c1Cl. The molecule has 1 rings (SSSR count). The molecule has 0 unspecified atom stereocenters. The number of carbonyl (C=O) groups is 1. The van der Waals surface area contributed by atoms with E-state index in [0.717, 1.165) is 0 Å². The second kappa shape index (κ2) is 6.17. The van der Waals surface area contributed by atoms with Gasteiger partial charge >= 0.3 is 5.97 Å². The number of hydrogen-bond donors (Lipinski definition) is 1. The van der Waals surface area contributed by atoms with Crippen molar-refractivity contribution in [1.29, 1.82) is 0 Å². The standard InChI is InChI=1S/C8H5Cl4NO2S/c9-4-6(16-2-1-3(14)15)5(10)8(12)13-7(4)11/h1-2H2,(H,14,15). The molecule has 0 aromatic carbocycles. The van der Waals surface area contributed by atoms with Crippen LogP contribution in [-0.4, -0.2) is 21.8 Å². The first-order valence-corrected chi connectivity index (χ1v) is 6.47. The molecule has 8 heteroatoms. The van der Waals surface area contributed by atoms with Gasteiger partial charge in [0.2, 0.25) is 0 Å². The summed E-state index contributed by atoms with van der Waals surface area (Å²) in [4.78, 5) is 14.5. The molecule has 0 saturated heterocycles. The van der Waals surface area contributed by atoms with Crippen LogP contribution in [-0.2, 0) is 4.79 Å². The average molecular weight is 321 g/mol. The summed E-state index contributed by atoms with van der Waals surface area (Å²) in [6, 6.07) is 0. The first-order chi connectivity index (χ1) is 7.43. The van der Waals surface area contributed by atoms with E-state index >= 15 is 0 Å². The van der Waals surface area contributed by atoms with Crippen molar-refractivity contribution in [3.8, 4) is 0 Å². The van der Waals surface area contributed by atoms with E-state index in [-0.39, 0.29) is 26.8 Å². The Hall–Kier alpha value is 0.130. The zero-order valence-corrected chi connectivity index (χ0v) is 11.5. The summed E-state index contributed by atoms with van der Waals surface area (Å²) < 4.78 is 0. The van der Waals surface area contributed by atoms with Gasteiger partial charge in [-0.15, -0.1) is 11.8 Å². The first-order valence-electron chi connectivity index (χ1n) is 3.98. The molecule has 0 aliphatic carbocycles. The normalized spacial score (nSPS) is 10.5. The molecule has 3 nitrogen and oxygen atoms in total. The summed E-state index contributed by atoms with van der Waals surface area (Å²) in [6.07, 6.45) is -0.00507. The number of rotatable bonds is 4. The summed E-state index contributed by atoms with van der Waals surface area (Å²) in [5.74, 6) is -0.572. The van der Waals surface area contributed by atoms with Crippen LogP contribution in [0.2, 0.25) is 20.4 Å². The van der Waals surface area contributed by atoms with Crippen LogP contribution in [0.5, 0.6) is 0 Å². The van der Waals surface area contributed by atoms with Gasteiger partial charge in [-0.3, -0.25) is 4.79 Å². The maximum Gasteiger partial charge on any atom is 0.304 e. The minimum absolute atomic E-state index is 0.00507. The molecule has 0 spiro atoms. The number of carboxylic acids is 1. The summed E-state index contributed by atoms with van der Waals surface area (Å²) >= 11 is 24.4. The van der Waals surface area contributed by atoms with Crippen LogP contribution in [0.4, 0.5) is 0 Å². The number of thioether (sulfide) groups is 1. The van der Waals surface area contributed by atoms with Gasteiger partial charge in [0.1, 0.15) is 0 Å². The van der Waals surface area contributed by atoms with Crippen molar-refractivity contribution in [3.63, 3.8) is 0 Å². The van der Waals surface area contributed by atoms with Crippen molar-refractivity contribution >= 4 is 64.1 Å². The molecule has 0 fully saturated rings. The highest BCUT2D eigenvalue weighted by molar-refractivity contribution is 7.99. The lowest BCUT2D eigenvalue weighted by Crippen LogP contribution is -1.96. The molecule has 0 atom stereocenters. The van der Waals surface area contributed by atoms with Gasteiger partial charge in [-0.2, -0.15) is 0 Å². The van der Waals surface area contributed by atoms with Crippen molar-refractivity contribution in [2.75, 3.05) is 5.75 Å². The minimum atomic E-state index is -0.897. The predicted octanol–water partition coefficient (Wildman–Crippen LogP) is 4.26. The van der Waals surface area contributed by atoms with Gasteiger partial charge in [0.05, 0.1) is 21.4 Å². The Kier molecular flexibility index (Phi) is 5.47. The van der Waals surface area contributed by atoms with E-state index in [4.69, 9.17) is 51.5 Å². The Morgan fingerprint density at radius 2 is 1.69 bits per heavy atom. The van der Waals surface area contributed by atoms with E-state index < -0.39 is 5.97 Å². The number of pyridine rings is 1. The Morgan fingerprint density at radius 3 is 2.12 bits per heavy atom. The Morgan fingerprint density at radius 1 is 1.19 bits per heavy atom. The first kappa shape index (κ1) is 14.2. The molecule has 0 radical (unpaired) electrons. The molecule has 0 bridgehead atoms. The molecular weight excluding hydrogens is 316 g/mol. The third-order valence-electron chi connectivity index (χ3n) is 1.52. The zero-order valence-electron chi connectivity index (χ0n) is 7.64. The second-order valence-electron chi connectivity index (χ2n) is 2.64.